The molecule has 108 valence electrons. The molecule has 5 nitrogen and oxygen atoms in total. The lowest BCUT2D eigenvalue weighted by atomic mass is 10.2. The zero-order chi connectivity index (χ0) is 14.1. The van der Waals surface area contributed by atoms with Crippen molar-refractivity contribution in [3.8, 4) is 11.8 Å². The minimum atomic E-state index is -0.673. The van der Waals surface area contributed by atoms with E-state index in [0.29, 0.717) is 13.1 Å². The lowest BCUT2D eigenvalue weighted by Crippen LogP contribution is -2.50. The van der Waals surface area contributed by atoms with Crippen LogP contribution in [0.4, 0.5) is 0 Å². The Hall–Kier alpha value is -0.930. The summed E-state index contributed by atoms with van der Waals surface area (Å²) in [7, 11) is 0. The fourth-order valence-electron chi connectivity index (χ4n) is 2.01. The lowest BCUT2D eigenvalue weighted by Gasteiger charge is -2.34. The number of ketones is 1. The smallest absolute Gasteiger partial charge is 0.219 e. The number of hydrogen-bond acceptors (Lipinski definition) is 5. The highest BCUT2D eigenvalue weighted by molar-refractivity contribution is 5.97. The maximum absolute atomic E-state index is 11.6. The number of β-amino-alcohol motifs (C(OH)–C–C–N with tert-alkyl or cyclic N) is 1. The molecule has 0 saturated carbocycles. The molecule has 2 N–H and O–H groups in total. The number of aliphatic hydroxyl groups is 2. The third-order valence-corrected chi connectivity index (χ3v) is 3.11. The van der Waals surface area contributed by atoms with Crippen LogP contribution in [0.5, 0.6) is 0 Å². The first-order valence-electron chi connectivity index (χ1n) is 6.91. The number of rotatable bonds is 6. The summed E-state index contributed by atoms with van der Waals surface area (Å²) in [6, 6.07) is 0. The number of aliphatic hydroxyl groups excluding tert-OH is 2. The van der Waals surface area contributed by atoms with E-state index in [1.54, 1.807) is 0 Å². The molecule has 0 aromatic heterocycles. The van der Waals surface area contributed by atoms with E-state index >= 15 is 0 Å². The third-order valence-electron chi connectivity index (χ3n) is 3.11. The topological polar surface area (TPSA) is 64.0 Å². The van der Waals surface area contributed by atoms with Gasteiger partial charge < -0.3 is 10.2 Å². The molecule has 0 aromatic rings. The van der Waals surface area contributed by atoms with Gasteiger partial charge >= 0.3 is 0 Å². The van der Waals surface area contributed by atoms with E-state index in [9.17, 15) is 9.90 Å². The van der Waals surface area contributed by atoms with Crippen LogP contribution in [0, 0.1) is 11.8 Å². The van der Waals surface area contributed by atoms with Crippen molar-refractivity contribution >= 4 is 5.78 Å². The molecule has 1 aliphatic rings. The van der Waals surface area contributed by atoms with E-state index in [1.165, 1.54) is 0 Å². The fourth-order valence-corrected chi connectivity index (χ4v) is 2.01. The molecule has 0 radical (unpaired) electrons. The summed E-state index contributed by atoms with van der Waals surface area (Å²) in [5, 5.41) is 18.2. The molecule has 1 rings (SSSR count). The highest BCUT2D eigenvalue weighted by Crippen LogP contribution is 2.02. The van der Waals surface area contributed by atoms with E-state index in [1.807, 2.05) is 6.92 Å². The van der Waals surface area contributed by atoms with Crippen LogP contribution >= 0.6 is 0 Å². The Labute approximate surface area is 115 Å². The van der Waals surface area contributed by atoms with Crippen molar-refractivity contribution in [3.63, 3.8) is 0 Å². The Morgan fingerprint density at radius 2 is 1.89 bits per heavy atom. The fraction of sp³-hybridized carbons (Fsp3) is 0.786. The van der Waals surface area contributed by atoms with Crippen LogP contribution in [0.25, 0.3) is 0 Å². The summed E-state index contributed by atoms with van der Waals surface area (Å²) in [5.41, 5.74) is 0. The largest absolute Gasteiger partial charge is 0.394 e. The van der Waals surface area contributed by atoms with Gasteiger partial charge in [0.25, 0.3) is 0 Å². The first kappa shape index (κ1) is 16.1. The predicted molar refractivity (Wildman–Crippen MR) is 73.7 cm³/mol. The molecule has 1 atom stereocenters. The molecule has 1 saturated heterocycles. The van der Waals surface area contributed by atoms with E-state index in [-0.39, 0.29) is 12.4 Å². The molecule has 0 amide bonds. The number of carbonyl (C=O) groups excluding carboxylic acids is 1. The SMILES string of the molecule is CCCC#CC(=O)CN1CCN(CC(O)CO)CC1. The molecule has 0 bridgehead atoms. The Morgan fingerprint density at radius 1 is 1.26 bits per heavy atom. The molecule has 0 spiro atoms. The van der Waals surface area contributed by atoms with Gasteiger partial charge in [-0.1, -0.05) is 12.8 Å². The van der Waals surface area contributed by atoms with Crippen molar-refractivity contribution < 1.29 is 15.0 Å². The molecule has 0 aliphatic carbocycles. The number of Topliss-reactive ketones (excluding diaryl/α,β-unsaturated/α-hetero) is 1. The summed E-state index contributed by atoms with van der Waals surface area (Å²) in [4.78, 5) is 15.8. The van der Waals surface area contributed by atoms with Crippen LogP contribution in [0.1, 0.15) is 19.8 Å². The minimum absolute atomic E-state index is 0.0164. The molecular weight excluding hydrogens is 244 g/mol. The van der Waals surface area contributed by atoms with E-state index in [4.69, 9.17) is 5.11 Å². The van der Waals surface area contributed by atoms with Gasteiger partial charge in [-0.05, 0) is 12.3 Å². The van der Waals surface area contributed by atoms with E-state index in [2.05, 4.69) is 21.6 Å². The van der Waals surface area contributed by atoms with Crippen molar-refractivity contribution in [2.45, 2.75) is 25.9 Å². The summed E-state index contributed by atoms with van der Waals surface area (Å²) in [6.45, 7) is 5.96. The number of nitrogens with zero attached hydrogens (tertiary/aromatic N) is 2. The molecule has 1 fully saturated rings. The zero-order valence-electron chi connectivity index (χ0n) is 11.6. The summed E-state index contributed by atoms with van der Waals surface area (Å²) < 4.78 is 0. The summed E-state index contributed by atoms with van der Waals surface area (Å²) in [6.07, 6.45) is 1.08. The standard InChI is InChI=1S/C14H24N2O3/c1-2-3-4-5-13(18)10-15-6-8-16(9-7-15)11-14(19)12-17/h14,17,19H,2-3,6-12H2,1H3. The summed E-state index contributed by atoms with van der Waals surface area (Å²) >= 11 is 0. The molecule has 0 aromatic carbocycles. The first-order chi connectivity index (χ1) is 9.15. The average Bonchev–Trinajstić information content (AvgIpc) is 2.41. The van der Waals surface area contributed by atoms with Crippen molar-refractivity contribution in [1.29, 1.82) is 0 Å². The maximum atomic E-state index is 11.6. The lowest BCUT2D eigenvalue weighted by molar-refractivity contribution is -0.115. The highest BCUT2D eigenvalue weighted by atomic mass is 16.3. The van der Waals surface area contributed by atoms with Crippen LogP contribution in [0.2, 0.25) is 0 Å². The Morgan fingerprint density at radius 3 is 2.47 bits per heavy atom. The Bertz CT molecular complexity index is 327. The quantitative estimate of drug-likeness (QED) is 0.494. The molecule has 5 heteroatoms. The van der Waals surface area contributed by atoms with Gasteiger partial charge in [0.15, 0.2) is 0 Å². The molecule has 1 unspecified atom stereocenters. The van der Waals surface area contributed by atoms with Crippen molar-refractivity contribution in [2.24, 2.45) is 0 Å². The highest BCUT2D eigenvalue weighted by Gasteiger charge is 2.19. The van der Waals surface area contributed by atoms with Gasteiger partial charge in [0.2, 0.25) is 5.78 Å². The van der Waals surface area contributed by atoms with Gasteiger partial charge in [-0.15, -0.1) is 0 Å². The molecule has 1 aliphatic heterocycles. The second-order valence-electron chi connectivity index (χ2n) is 4.89. The van der Waals surface area contributed by atoms with Gasteiger partial charge in [0.05, 0.1) is 19.3 Å². The second kappa shape index (κ2) is 9.05. The summed E-state index contributed by atoms with van der Waals surface area (Å²) in [5.74, 6) is 5.52. The Kier molecular flexibility index (Phi) is 7.68. The first-order valence-corrected chi connectivity index (χ1v) is 6.91. The number of hydrogen-bond donors (Lipinski definition) is 2. The third kappa shape index (κ3) is 6.69. The van der Waals surface area contributed by atoms with Crippen LogP contribution in [0.3, 0.4) is 0 Å². The van der Waals surface area contributed by atoms with Crippen LogP contribution in [0.15, 0.2) is 0 Å². The predicted octanol–water partition coefficient (Wildman–Crippen LogP) is -0.670. The maximum Gasteiger partial charge on any atom is 0.219 e. The van der Waals surface area contributed by atoms with Crippen LogP contribution in [-0.2, 0) is 4.79 Å². The molecular formula is C14H24N2O3. The van der Waals surface area contributed by atoms with Crippen LogP contribution < -0.4 is 0 Å². The van der Waals surface area contributed by atoms with Crippen molar-refractivity contribution in [1.82, 2.24) is 9.80 Å². The number of piperazine rings is 1. The van der Waals surface area contributed by atoms with Gasteiger partial charge in [-0.25, -0.2) is 0 Å². The molecule has 19 heavy (non-hydrogen) atoms. The average molecular weight is 268 g/mol. The van der Waals surface area contributed by atoms with Gasteiger partial charge in [0.1, 0.15) is 0 Å². The van der Waals surface area contributed by atoms with Gasteiger partial charge in [-0.2, -0.15) is 0 Å². The second-order valence-corrected chi connectivity index (χ2v) is 4.89. The normalized spacial score (nSPS) is 18.7. The monoisotopic (exact) mass is 268 g/mol. The van der Waals surface area contributed by atoms with Crippen LogP contribution in [-0.4, -0.2) is 77.8 Å². The number of carbonyl (C=O) groups is 1. The minimum Gasteiger partial charge on any atom is -0.394 e. The van der Waals surface area contributed by atoms with E-state index < -0.39 is 6.10 Å². The molecule has 1 heterocycles. The van der Waals surface area contributed by atoms with Gasteiger partial charge in [0, 0.05) is 39.1 Å². The van der Waals surface area contributed by atoms with E-state index in [0.717, 1.165) is 39.0 Å². The Balaban J connectivity index is 2.23. The van der Waals surface area contributed by atoms with Crippen molar-refractivity contribution in [2.75, 3.05) is 45.9 Å². The van der Waals surface area contributed by atoms with Gasteiger partial charge in [-0.3, -0.25) is 14.6 Å². The number of unbranched alkanes of at least 4 members (excludes halogenated alkanes) is 1. The van der Waals surface area contributed by atoms with Crippen molar-refractivity contribution in [3.05, 3.63) is 0 Å². The zero-order valence-corrected chi connectivity index (χ0v) is 11.6.